The van der Waals surface area contributed by atoms with Crippen molar-refractivity contribution in [2.45, 2.75) is 52.1 Å². The minimum Gasteiger partial charge on any atom is -0.349 e. The lowest BCUT2D eigenvalue weighted by Crippen LogP contribution is -2.32. The Hall–Kier alpha value is -1.56. The minimum atomic E-state index is -4.41. The molecule has 1 heterocycles. The summed E-state index contributed by atoms with van der Waals surface area (Å²) in [7, 11) is 0. The van der Waals surface area contributed by atoms with E-state index in [4.69, 9.17) is 4.74 Å². The molecule has 0 bridgehead atoms. The van der Waals surface area contributed by atoms with E-state index in [0.717, 1.165) is 12.1 Å². The topological polar surface area (TPSA) is 29.5 Å². The summed E-state index contributed by atoms with van der Waals surface area (Å²) in [5, 5.41) is 0. The molecule has 1 aliphatic rings. The maximum absolute atomic E-state index is 12.9. The van der Waals surface area contributed by atoms with Crippen molar-refractivity contribution < 1.29 is 22.7 Å². The molecule has 128 valence electrons. The van der Waals surface area contributed by atoms with Crippen LogP contribution in [0.4, 0.5) is 13.2 Å². The number of benzene rings is 1. The molecule has 2 rings (SSSR count). The monoisotopic (exact) mass is 329 g/mol. The van der Waals surface area contributed by atoms with E-state index in [1.165, 1.54) is 6.07 Å². The Morgan fingerprint density at radius 3 is 2.65 bits per heavy atom. The lowest BCUT2D eigenvalue weighted by molar-refractivity contribution is -0.138. The highest BCUT2D eigenvalue weighted by molar-refractivity contribution is 5.77. The molecule has 0 radical (unpaired) electrons. The highest BCUT2D eigenvalue weighted by Gasteiger charge is 2.38. The number of amides is 1. The summed E-state index contributed by atoms with van der Waals surface area (Å²) in [5.41, 5.74) is -0.359. The average Bonchev–Trinajstić information content (AvgIpc) is 2.90. The summed E-state index contributed by atoms with van der Waals surface area (Å²) in [6.45, 7) is 6.23. The van der Waals surface area contributed by atoms with Gasteiger partial charge in [0, 0.05) is 18.5 Å². The van der Waals surface area contributed by atoms with Crippen LogP contribution in [0.1, 0.15) is 51.0 Å². The molecule has 1 saturated heterocycles. The number of hydrogen-bond donors (Lipinski definition) is 0. The SMILES string of the molecule is CCC1CN(C(=O)CC(C)C)C(c2cccc(C(F)(F)F)c2)O1. The molecule has 0 spiro atoms. The molecule has 3 nitrogen and oxygen atoms in total. The van der Waals surface area contributed by atoms with Crippen molar-refractivity contribution in [1.82, 2.24) is 4.90 Å². The van der Waals surface area contributed by atoms with E-state index in [2.05, 4.69) is 0 Å². The zero-order valence-corrected chi connectivity index (χ0v) is 13.6. The maximum Gasteiger partial charge on any atom is 0.416 e. The van der Waals surface area contributed by atoms with Crippen molar-refractivity contribution in [2.75, 3.05) is 6.54 Å². The third kappa shape index (κ3) is 4.25. The van der Waals surface area contributed by atoms with Crippen LogP contribution >= 0.6 is 0 Å². The Balaban J connectivity index is 2.29. The van der Waals surface area contributed by atoms with Gasteiger partial charge in [-0.1, -0.05) is 32.9 Å². The lowest BCUT2D eigenvalue weighted by atomic mass is 10.1. The number of hydrogen-bond acceptors (Lipinski definition) is 2. The molecular formula is C17H22F3NO2. The molecule has 1 aromatic carbocycles. The second-order valence-corrected chi connectivity index (χ2v) is 6.29. The van der Waals surface area contributed by atoms with Crippen molar-refractivity contribution >= 4 is 5.91 Å². The summed E-state index contributed by atoms with van der Waals surface area (Å²) in [6, 6.07) is 5.02. The molecule has 0 aromatic heterocycles. The number of ether oxygens (including phenoxy) is 1. The average molecular weight is 329 g/mol. The van der Waals surface area contributed by atoms with Gasteiger partial charge in [0.15, 0.2) is 6.23 Å². The van der Waals surface area contributed by atoms with Gasteiger partial charge < -0.3 is 9.64 Å². The van der Waals surface area contributed by atoms with Gasteiger partial charge in [0.05, 0.1) is 11.7 Å². The van der Waals surface area contributed by atoms with E-state index >= 15 is 0 Å². The maximum atomic E-state index is 12.9. The Kier molecular flexibility index (Phi) is 5.34. The van der Waals surface area contributed by atoms with Crippen LogP contribution in [0.3, 0.4) is 0 Å². The third-order valence-corrected chi connectivity index (χ3v) is 3.86. The largest absolute Gasteiger partial charge is 0.416 e. The van der Waals surface area contributed by atoms with Gasteiger partial charge in [-0.3, -0.25) is 4.79 Å². The van der Waals surface area contributed by atoms with Crippen LogP contribution < -0.4 is 0 Å². The smallest absolute Gasteiger partial charge is 0.349 e. The van der Waals surface area contributed by atoms with Crippen LogP contribution in [-0.2, 0) is 15.7 Å². The molecule has 0 N–H and O–H groups in total. The molecule has 1 aliphatic heterocycles. The number of halogens is 3. The molecule has 0 saturated carbocycles. The van der Waals surface area contributed by atoms with E-state index in [1.54, 1.807) is 11.0 Å². The van der Waals surface area contributed by atoms with E-state index in [0.29, 0.717) is 24.9 Å². The summed E-state index contributed by atoms with van der Waals surface area (Å²) < 4.78 is 44.5. The number of nitrogens with zero attached hydrogens (tertiary/aromatic N) is 1. The van der Waals surface area contributed by atoms with Crippen molar-refractivity contribution in [3.8, 4) is 0 Å². The summed E-state index contributed by atoms with van der Waals surface area (Å²) >= 11 is 0. The van der Waals surface area contributed by atoms with Crippen LogP contribution in [0, 0.1) is 5.92 Å². The van der Waals surface area contributed by atoms with Crippen molar-refractivity contribution in [1.29, 1.82) is 0 Å². The Bertz CT molecular complexity index is 557. The second-order valence-electron chi connectivity index (χ2n) is 6.29. The number of alkyl halides is 3. The van der Waals surface area contributed by atoms with Gasteiger partial charge in [-0.15, -0.1) is 0 Å². The Morgan fingerprint density at radius 1 is 1.39 bits per heavy atom. The normalized spacial score (nSPS) is 22.0. The fourth-order valence-electron chi connectivity index (χ4n) is 2.67. The first-order valence-electron chi connectivity index (χ1n) is 7.84. The first-order chi connectivity index (χ1) is 10.7. The summed E-state index contributed by atoms with van der Waals surface area (Å²) in [4.78, 5) is 14.0. The van der Waals surface area contributed by atoms with Gasteiger partial charge in [0.2, 0.25) is 5.91 Å². The number of carbonyl (C=O) groups is 1. The molecule has 0 aliphatic carbocycles. The van der Waals surface area contributed by atoms with Gasteiger partial charge in [0.1, 0.15) is 0 Å². The fourth-order valence-corrected chi connectivity index (χ4v) is 2.67. The predicted octanol–water partition coefficient (Wildman–Crippen LogP) is 4.39. The molecular weight excluding hydrogens is 307 g/mol. The summed E-state index contributed by atoms with van der Waals surface area (Å²) in [5.74, 6) is 0.101. The van der Waals surface area contributed by atoms with Gasteiger partial charge in [-0.05, 0) is 24.5 Å². The van der Waals surface area contributed by atoms with Crippen molar-refractivity contribution in [3.63, 3.8) is 0 Å². The van der Waals surface area contributed by atoms with Gasteiger partial charge in [-0.2, -0.15) is 13.2 Å². The van der Waals surface area contributed by atoms with E-state index < -0.39 is 18.0 Å². The number of carbonyl (C=O) groups excluding carboxylic acids is 1. The minimum absolute atomic E-state index is 0.0849. The number of rotatable bonds is 4. The molecule has 1 fully saturated rings. The first kappa shape index (κ1) is 17.8. The van der Waals surface area contributed by atoms with Crippen LogP contribution in [0.5, 0.6) is 0 Å². The van der Waals surface area contributed by atoms with Crippen LogP contribution in [0.2, 0.25) is 0 Å². The van der Waals surface area contributed by atoms with Crippen molar-refractivity contribution in [2.24, 2.45) is 5.92 Å². The van der Waals surface area contributed by atoms with Crippen molar-refractivity contribution in [3.05, 3.63) is 35.4 Å². The molecule has 2 atom stereocenters. The molecule has 2 unspecified atom stereocenters. The standard InChI is InChI=1S/C17H22F3NO2/c1-4-14-10-21(15(22)8-11(2)3)16(23-14)12-6-5-7-13(9-12)17(18,19)20/h5-7,9,11,14,16H,4,8,10H2,1-3H3. The highest BCUT2D eigenvalue weighted by Crippen LogP contribution is 2.36. The quantitative estimate of drug-likeness (QED) is 0.820. The molecule has 23 heavy (non-hydrogen) atoms. The first-order valence-corrected chi connectivity index (χ1v) is 7.84. The van der Waals surface area contributed by atoms with Gasteiger partial charge >= 0.3 is 6.18 Å². The highest BCUT2D eigenvalue weighted by atomic mass is 19.4. The Morgan fingerprint density at radius 2 is 2.09 bits per heavy atom. The fraction of sp³-hybridized carbons (Fsp3) is 0.588. The summed E-state index contributed by atoms with van der Waals surface area (Å²) in [6.07, 6.45) is -4.24. The Labute approximate surface area is 134 Å². The van der Waals surface area contributed by atoms with Crippen LogP contribution in [-0.4, -0.2) is 23.5 Å². The second kappa shape index (κ2) is 6.91. The zero-order valence-electron chi connectivity index (χ0n) is 13.6. The van der Waals surface area contributed by atoms with Crippen LogP contribution in [0.15, 0.2) is 24.3 Å². The van der Waals surface area contributed by atoms with E-state index in [9.17, 15) is 18.0 Å². The predicted molar refractivity (Wildman–Crippen MR) is 80.5 cm³/mol. The van der Waals surface area contributed by atoms with Crippen LogP contribution in [0.25, 0.3) is 0 Å². The molecule has 1 amide bonds. The third-order valence-electron chi connectivity index (χ3n) is 3.86. The van der Waals surface area contributed by atoms with Gasteiger partial charge in [0.25, 0.3) is 0 Å². The molecule has 6 heteroatoms. The van der Waals surface area contributed by atoms with Gasteiger partial charge in [-0.25, -0.2) is 0 Å². The van der Waals surface area contributed by atoms with E-state index in [1.807, 2.05) is 20.8 Å². The van der Waals surface area contributed by atoms with E-state index in [-0.39, 0.29) is 17.9 Å². The molecule has 1 aromatic rings. The zero-order chi connectivity index (χ0) is 17.2. The lowest BCUT2D eigenvalue weighted by Gasteiger charge is -2.24.